The van der Waals surface area contributed by atoms with Crippen LogP contribution >= 0.6 is 35.0 Å². The number of rotatable bonds is 10. The number of thioether (sulfide) groups is 1. The van der Waals surface area contributed by atoms with E-state index in [1.54, 1.807) is 0 Å². The van der Waals surface area contributed by atoms with Gasteiger partial charge >= 0.3 is 0 Å². The second-order valence-electron chi connectivity index (χ2n) is 15.2. The lowest BCUT2D eigenvalue weighted by molar-refractivity contribution is 0.0751. The number of carbonyl (C=O) groups is 2. The first kappa shape index (κ1) is 38.8. The van der Waals surface area contributed by atoms with Crippen molar-refractivity contribution in [1.82, 2.24) is 0 Å². The number of ketones is 2. The van der Waals surface area contributed by atoms with Crippen molar-refractivity contribution >= 4 is 79.6 Å². The molecule has 0 N–H and O–H groups in total. The molecule has 2 aliphatic rings. The zero-order chi connectivity index (χ0) is 41.5. The van der Waals surface area contributed by atoms with Crippen LogP contribution < -0.4 is 0 Å². The van der Waals surface area contributed by atoms with Gasteiger partial charge in [-0.15, -0.1) is 0 Å². The normalized spacial score (nSPS) is 18.7. The Morgan fingerprint density at radius 2 is 0.770 bits per heavy atom. The maximum absolute atomic E-state index is 15.0. The summed E-state index contributed by atoms with van der Waals surface area (Å²) in [6.07, 6.45) is -1.83. The van der Waals surface area contributed by atoms with Crippen LogP contribution in [0.4, 0.5) is 0 Å². The van der Waals surface area contributed by atoms with Crippen LogP contribution in [-0.2, 0) is 9.47 Å². The number of benzene rings is 8. The molecule has 0 fully saturated rings. The molecule has 0 aliphatic carbocycles. The number of hydrogen-bond donors (Lipinski definition) is 0. The third-order valence-electron chi connectivity index (χ3n) is 11.4. The van der Waals surface area contributed by atoms with E-state index in [0.29, 0.717) is 32.7 Å². The van der Waals surface area contributed by atoms with Gasteiger partial charge in [0.25, 0.3) is 0 Å². The predicted molar refractivity (Wildman–Crippen MR) is 249 cm³/mol. The molecule has 61 heavy (non-hydrogen) atoms. The van der Waals surface area contributed by atoms with Gasteiger partial charge in [-0.2, -0.15) is 0 Å². The van der Waals surface area contributed by atoms with Gasteiger partial charge in [-0.3, -0.25) is 9.59 Å². The molecule has 4 nitrogen and oxygen atoms in total. The lowest BCUT2D eigenvalue weighted by Gasteiger charge is -2.23. The average Bonchev–Trinajstić information content (AvgIpc) is 3.88. The molecule has 296 valence electrons. The maximum Gasteiger partial charge on any atom is 0.204 e. The lowest BCUT2D eigenvalue weighted by Crippen LogP contribution is -2.28. The quantitative estimate of drug-likeness (QED) is 0.128. The monoisotopic (exact) mass is 850 g/mol. The second kappa shape index (κ2) is 16.6. The highest BCUT2D eigenvalue weighted by atomic mass is 35.5. The lowest BCUT2D eigenvalue weighted by atomic mass is 9.88. The van der Waals surface area contributed by atoms with E-state index in [9.17, 15) is 0 Å². The summed E-state index contributed by atoms with van der Waals surface area (Å²) in [6, 6.07) is 62.7. The van der Waals surface area contributed by atoms with Crippen molar-refractivity contribution in [3.63, 3.8) is 0 Å². The molecule has 0 bridgehead atoms. The summed E-state index contributed by atoms with van der Waals surface area (Å²) in [7, 11) is 0. The molecule has 2 heterocycles. The van der Waals surface area contributed by atoms with Crippen LogP contribution in [-0.4, -0.2) is 23.8 Å². The standard InChI is InChI=1S/C54H36Cl2O4S/c55-43-27-23-37(24-28-43)49-53(45(35-13-3-1-4-14-35)51(59-49)47(57)41-21-19-33-11-7-9-17-39(33)31-41)61-54-46(36-15-5-2-6-16-36)52(60-50(54)38-25-29-44(56)30-26-38)48(58)42-22-20-34-12-8-10-18-40(34)32-42/h1-32,45-46,51-52H/t45-,46-,51+,52+/m1/s1. The molecule has 7 heteroatoms. The van der Waals surface area contributed by atoms with Gasteiger partial charge in [-0.1, -0.05) is 168 Å². The Labute approximate surface area is 368 Å². The summed E-state index contributed by atoms with van der Waals surface area (Å²) in [5, 5.41) is 5.19. The average molecular weight is 852 g/mol. The Bertz CT molecular complexity index is 2810. The van der Waals surface area contributed by atoms with E-state index in [4.69, 9.17) is 32.7 Å². The van der Waals surface area contributed by atoms with Crippen molar-refractivity contribution < 1.29 is 19.1 Å². The number of hydrogen-bond acceptors (Lipinski definition) is 5. The van der Waals surface area contributed by atoms with E-state index in [-0.39, 0.29) is 11.6 Å². The van der Waals surface area contributed by atoms with Crippen LogP contribution in [0.3, 0.4) is 0 Å². The maximum atomic E-state index is 15.0. The molecule has 0 amide bonds. The van der Waals surface area contributed by atoms with Crippen LogP contribution in [0.5, 0.6) is 0 Å². The molecule has 10 rings (SSSR count). The molecule has 0 spiro atoms. The SMILES string of the molecule is O=C(c1ccc2ccccc2c1)[C@H]1OC(c2ccc(Cl)cc2)=C(SC2=C(c3ccc(Cl)cc3)O[C@H](C(=O)c3ccc4ccccc4c3)[C@H]2c2ccccc2)[C@@H]1c1ccccc1. The largest absolute Gasteiger partial charge is 0.480 e. The van der Waals surface area contributed by atoms with E-state index in [1.165, 1.54) is 11.8 Å². The van der Waals surface area contributed by atoms with Crippen molar-refractivity contribution in [3.05, 3.63) is 247 Å². The fraction of sp³-hybridized carbons (Fsp3) is 0.0741. The minimum atomic E-state index is -0.913. The van der Waals surface area contributed by atoms with Crippen molar-refractivity contribution in [2.24, 2.45) is 0 Å². The second-order valence-corrected chi connectivity index (χ2v) is 17.2. The highest BCUT2D eigenvalue weighted by Crippen LogP contribution is 2.58. The summed E-state index contributed by atoms with van der Waals surface area (Å²) in [4.78, 5) is 31.6. The zero-order valence-corrected chi connectivity index (χ0v) is 34.9. The van der Waals surface area contributed by atoms with E-state index < -0.39 is 24.0 Å². The van der Waals surface area contributed by atoms with Gasteiger partial charge < -0.3 is 9.47 Å². The molecule has 0 unspecified atom stereocenters. The molecule has 0 saturated heterocycles. The van der Waals surface area contributed by atoms with Gasteiger partial charge in [0.1, 0.15) is 11.5 Å². The first-order valence-corrected chi connectivity index (χ1v) is 21.6. The summed E-state index contributed by atoms with van der Waals surface area (Å²) >= 11 is 14.4. The Morgan fingerprint density at radius 3 is 1.16 bits per heavy atom. The molecular formula is C54H36Cl2O4S. The van der Waals surface area contributed by atoms with Crippen molar-refractivity contribution in [2.45, 2.75) is 24.0 Å². The van der Waals surface area contributed by atoms with Crippen LogP contribution in [0.1, 0.15) is 54.8 Å². The highest BCUT2D eigenvalue weighted by molar-refractivity contribution is 8.07. The Morgan fingerprint density at radius 1 is 0.410 bits per heavy atom. The Balaban J connectivity index is 1.16. The molecule has 0 aromatic heterocycles. The highest BCUT2D eigenvalue weighted by Gasteiger charge is 2.48. The number of halogens is 2. The van der Waals surface area contributed by atoms with E-state index in [0.717, 1.165) is 53.6 Å². The molecule has 0 saturated carbocycles. The fourth-order valence-corrected chi connectivity index (χ4v) is 10.2. The van der Waals surface area contributed by atoms with Crippen LogP contribution in [0.2, 0.25) is 10.0 Å². The summed E-state index contributed by atoms with van der Waals surface area (Å²) in [5.41, 5.74) is 4.49. The predicted octanol–water partition coefficient (Wildman–Crippen LogP) is 14.2. The smallest absolute Gasteiger partial charge is 0.204 e. The third kappa shape index (κ3) is 7.55. The van der Waals surface area contributed by atoms with Gasteiger partial charge in [0, 0.05) is 42.1 Å². The third-order valence-corrected chi connectivity index (χ3v) is 13.3. The van der Waals surface area contributed by atoms with Gasteiger partial charge in [0.05, 0.1) is 11.8 Å². The molecular weight excluding hydrogens is 816 g/mol. The topological polar surface area (TPSA) is 52.6 Å². The minimum absolute atomic E-state index is 0.139. The molecule has 2 aliphatic heterocycles. The number of ether oxygens (including phenoxy) is 2. The summed E-state index contributed by atoms with van der Waals surface area (Å²) < 4.78 is 14.0. The fourth-order valence-electron chi connectivity index (χ4n) is 8.42. The number of Topliss-reactive ketones (excluding diaryl/α,β-unsaturated/α-hetero) is 2. The zero-order valence-electron chi connectivity index (χ0n) is 32.6. The van der Waals surface area contributed by atoms with Crippen molar-refractivity contribution in [1.29, 1.82) is 0 Å². The molecule has 8 aromatic rings. The van der Waals surface area contributed by atoms with Crippen LogP contribution in [0.25, 0.3) is 33.1 Å². The summed E-state index contributed by atoms with van der Waals surface area (Å²) in [6.45, 7) is 0. The van der Waals surface area contributed by atoms with Crippen LogP contribution in [0.15, 0.2) is 204 Å². The van der Waals surface area contributed by atoms with Crippen LogP contribution in [0, 0.1) is 0 Å². The van der Waals surface area contributed by atoms with Gasteiger partial charge in [0.2, 0.25) is 11.6 Å². The Kier molecular flexibility index (Phi) is 10.6. The van der Waals surface area contributed by atoms with E-state index in [2.05, 4.69) is 0 Å². The van der Waals surface area contributed by atoms with Gasteiger partial charge in [-0.25, -0.2) is 0 Å². The first-order valence-electron chi connectivity index (χ1n) is 20.1. The molecule has 4 atom stereocenters. The van der Waals surface area contributed by atoms with Crippen molar-refractivity contribution in [2.75, 3.05) is 0 Å². The number of fused-ring (bicyclic) bond motifs is 2. The molecule has 8 aromatic carbocycles. The number of carbonyl (C=O) groups excluding carboxylic acids is 2. The first-order chi connectivity index (χ1) is 29.9. The molecule has 0 radical (unpaired) electrons. The van der Waals surface area contributed by atoms with Gasteiger partial charge in [0.15, 0.2) is 12.2 Å². The van der Waals surface area contributed by atoms with Gasteiger partial charge in [-0.05, 0) is 93.3 Å². The van der Waals surface area contributed by atoms with E-state index >= 15 is 9.59 Å². The van der Waals surface area contributed by atoms with Crippen molar-refractivity contribution in [3.8, 4) is 0 Å². The Hall–Kier alpha value is -6.37. The summed E-state index contributed by atoms with van der Waals surface area (Å²) in [5.74, 6) is -0.203. The minimum Gasteiger partial charge on any atom is -0.480 e. The van der Waals surface area contributed by atoms with E-state index in [1.807, 2.05) is 194 Å².